The SMILES string of the molecule is CC(Oc1ccc(CN2CCC(c3cc[nH]c(=O)c3)CC2)cc1)C(=O)O. The minimum atomic E-state index is -0.975. The topological polar surface area (TPSA) is 82.6 Å². The van der Waals surface area contributed by atoms with Crippen LogP contribution < -0.4 is 10.3 Å². The molecule has 0 aliphatic carbocycles. The predicted molar refractivity (Wildman–Crippen MR) is 98.5 cm³/mol. The van der Waals surface area contributed by atoms with Crippen molar-refractivity contribution in [1.29, 1.82) is 0 Å². The number of likely N-dealkylation sites (tertiary alicyclic amines) is 1. The molecule has 6 heteroatoms. The van der Waals surface area contributed by atoms with E-state index < -0.39 is 12.1 Å². The average Bonchev–Trinajstić information content (AvgIpc) is 2.64. The highest BCUT2D eigenvalue weighted by Crippen LogP contribution is 2.27. The van der Waals surface area contributed by atoms with E-state index >= 15 is 0 Å². The third-order valence-corrected chi connectivity index (χ3v) is 4.85. The number of carboxylic acids is 1. The molecule has 2 heterocycles. The van der Waals surface area contributed by atoms with Crippen LogP contribution >= 0.6 is 0 Å². The van der Waals surface area contributed by atoms with E-state index in [0.29, 0.717) is 11.7 Å². The number of ether oxygens (including phenoxy) is 1. The number of carboxylic acid groups (broad SMARTS) is 1. The number of hydrogen-bond acceptors (Lipinski definition) is 4. The van der Waals surface area contributed by atoms with Gasteiger partial charge >= 0.3 is 5.97 Å². The van der Waals surface area contributed by atoms with Crippen LogP contribution in [0.2, 0.25) is 0 Å². The Hall–Kier alpha value is -2.60. The van der Waals surface area contributed by atoms with Gasteiger partial charge in [-0.25, -0.2) is 4.79 Å². The van der Waals surface area contributed by atoms with E-state index in [9.17, 15) is 9.59 Å². The molecule has 0 bridgehead atoms. The molecule has 0 amide bonds. The summed E-state index contributed by atoms with van der Waals surface area (Å²) in [5.41, 5.74) is 2.27. The van der Waals surface area contributed by atoms with Crippen molar-refractivity contribution in [2.75, 3.05) is 13.1 Å². The first-order valence-electron chi connectivity index (χ1n) is 8.90. The fourth-order valence-corrected chi connectivity index (χ4v) is 3.33. The molecule has 1 fully saturated rings. The molecule has 1 aromatic heterocycles. The van der Waals surface area contributed by atoms with Gasteiger partial charge in [-0.05, 0) is 68.1 Å². The van der Waals surface area contributed by atoms with Crippen LogP contribution in [-0.4, -0.2) is 40.2 Å². The Balaban J connectivity index is 1.51. The lowest BCUT2D eigenvalue weighted by molar-refractivity contribution is -0.144. The maximum absolute atomic E-state index is 11.5. The summed E-state index contributed by atoms with van der Waals surface area (Å²) in [7, 11) is 0. The summed E-state index contributed by atoms with van der Waals surface area (Å²) in [5, 5.41) is 8.88. The molecule has 1 unspecified atom stereocenters. The van der Waals surface area contributed by atoms with Crippen LogP contribution in [0.1, 0.15) is 36.8 Å². The largest absolute Gasteiger partial charge is 0.479 e. The summed E-state index contributed by atoms with van der Waals surface area (Å²) < 4.78 is 5.35. The van der Waals surface area contributed by atoms with Gasteiger partial charge in [0, 0.05) is 18.8 Å². The Morgan fingerprint density at radius 1 is 1.27 bits per heavy atom. The molecule has 0 spiro atoms. The number of aromatic amines is 1. The van der Waals surface area contributed by atoms with Gasteiger partial charge < -0.3 is 14.8 Å². The number of carbonyl (C=O) groups is 1. The molecular weight excluding hydrogens is 332 g/mol. The molecular formula is C20H24N2O4. The number of pyridine rings is 1. The highest BCUT2D eigenvalue weighted by molar-refractivity contribution is 5.72. The molecule has 1 aliphatic rings. The van der Waals surface area contributed by atoms with Crippen LogP contribution in [0.15, 0.2) is 47.4 Å². The lowest BCUT2D eigenvalue weighted by atomic mass is 9.90. The number of rotatable bonds is 6. The summed E-state index contributed by atoms with van der Waals surface area (Å²) in [4.78, 5) is 27.4. The van der Waals surface area contributed by atoms with Crippen molar-refractivity contribution in [2.24, 2.45) is 0 Å². The standard InChI is InChI=1S/C20H24N2O4/c1-14(20(24)25)26-18-4-2-15(3-5-18)13-22-10-7-16(8-11-22)17-6-9-21-19(23)12-17/h2-6,9,12,14,16H,7-8,10-11,13H2,1H3,(H,21,23)(H,24,25). The lowest BCUT2D eigenvalue weighted by Crippen LogP contribution is -2.32. The fraction of sp³-hybridized carbons (Fsp3) is 0.400. The summed E-state index contributed by atoms with van der Waals surface area (Å²) in [6.07, 6.45) is 2.95. The molecule has 1 aliphatic heterocycles. The van der Waals surface area contributed by atoms with E-state index in [1.165, 1.54) is 12.5 Å². The Morgan fingerprint density at radius 2 is 1.96 bits per heavy atom. The van der Waals surface area contributed by atoms with Crippen molar-refractivity contribution in [1.82, 2.24) is 9.88 Å². The third-order valence-electron chi connectivity index (χ3n) is 4.85. The molecule has 3 rings (SSSR count). The highest BCUT2D eigenvalue weighted by atomic mass is 16.5. The number of aliphatic carboxylic acids is 1. The molecule has 2 aromatic rings. The van der Waals surface area contributed by atoms with Gasteiger partial charge in [0.1, 0.15) is 5.75 Å². The zero-order valence-electron chi connectivity index (χ0n) is 14.9. The minimum absolute atomic E-state index is 0.0375. The Bertz CT molecular complexity index is 792. The zero-order valence-corrected chi connectivity index (χ0v) is 14.9. The van der Waals surface area contributed by atoms with Gasteiger partial charge in [0.25, 0.3) is 0 Å². The predicted octanol–water partition coefficient (Wildman–Crippen LogP) is 2.61. The van der Waals surface area contributed by atoms with E-state index in [0.717, 1.165) is 38.0 Å². The van der Waals surface area contributed by atoms with Gasteiger partial charge in [-0.3, -0.25) is 9.69 Å². The molecule has 26 heavy (non-hydrogen) atoms. The van der Waals surface area contributed by atoms with Crippen molar-refractivity contribution in [3.63, 3.8) is 0 Å². The minimum Gasteiger partial charge on any atom is -0.479 e. The molecule has 1 saturated heterocycles. The second-order valence-electron chi connectivity index (χ2n) is 6.78. The lowest BCUT2D eigenvalue weighted by Gasteiger charge is -2.32. The van der Waals surface area contributed by atoms with E-state index in [4.69, 9.17) is 9.84 Å². The molecule has 0 radical (unpaired) electrons. The number of benzene rings is 1. The van der Waals surface area contributed by atoms with Gasteiger partial charge in [-0.2, -0.15) is 0 Å². The monoisotopic (exact) mass is 356 g/mol. The number of hydrogen-bond donors (Lipinski definition) is 2. The second-order valence-corrected chi connectivity index (χ2v) is 6.78. The maximum Gasteiger partial charge on any atom is 0.344 e. The van der Waals surface area contributed by atoms with E-state index in [1.807, 2.05) is 30.3 Å². The van der Waals surface area contributed by atoms with Crippen molar-refractivity contribution < 1.29 is 14.6 Å². The Labute approximate surface area is 152 Å². The van der Waals surface area contributed by atoms with Crippen molar-refractivity contribution in [3.05, 3.63) is 64.1 Å². The molecule has 138 valence electrons. The van der Waals surface area contributed by atoms with Gasteiger partial charge in [-0.15, -0.1) is 0 Å². The van der Waals surface area contributed by atoms with Gasteiger partial charge in [-0.1, -0.05) is 12.1 Å². The average molecular weight is 356 g/mol. The summed E-state index contributed by atoms with van der Waals surface area (Å²) >= 11 is 0. The summed E-state index contributed by atoms with van der Waals surface area (Å²) in [5.74, 6) is 0.0378. The van der Waals surface area contributed by atoms with Crippen molar-refractivity contribution in [3.8, 4) is 5.75 Å². The number of nitrogens with one attached hydrogen (secondary N) is 1. The molecule has 0 saturated carbocycles. The Morgan fingerprint density at radius 3 is 2.58 bits per heavy atom. The quantitative estimate of drug-likeness (QED) is 0.831. The zero-order chi connectivity index (χ0) is 18.5. The third kappa shape index (κ3) is 4.73. The highest BCUT2D eigenvalue weighted by Gasteiger charge is 2.21. The van der Waals surface area contributed by atoms with Gasteiger partial charge in [0.15, 0.2) is 6.10 Å². The Kier molecular flexibility index (Phi) is 5.73. The number of nitrogens with zero attached hydrogens (tertiary/aromatic N) is 1. The smallest absolute Gasteiger partial charge is 0.344 e. The van der Waals surface area contributed by atoms with E-state index in [-0.39, 0.29) is 5.56 Å². The molecule has 6 nitrogen and oxygen atoms in total. The van der Waals surface area contributed by atoms with E-state index in [1.54, 1.807) is 12.3 Å². The van der Waals surface area contributed by atoms with Crippen LogP contribution in [0.5, 0.6) is 5.75 Å². The van der Waals surface area contributed by atoms with Crippen LogP contribution in [0.4, 0.5) is 0 Å². The normalized spacial score (nSPS) is 17.0. The second kappa shape index (κ2) is 8.19. The van der Waals surface area contributed by atoms with Crippen LogP contribution in [-0.2, 0) is 11.3 Å². The maximum atomic E-state index is 11.5. The fourth-order valence-electron chi connectivity index (χ4n) is 3.33. The summed E-state index contributed by atoms with van der Waals surface area (Å²) in [6, 6.07) is 11.3. The number of aromatic nitrogens is 1. The first-order valence-corrected chi connectivity index (χ1v) is 8.90. The van der Waals surface area contributed by atoms with Gasteiger partial charge in [0.2, 0.25) is 5.56 Å². The van der Waals surface area contributed by atoms with Crippen molar-refractivity contribution in [2.45, 2.75) is 38.3 Å². The first-order chi connectivity index (χ1) is 12.5. The first kappa shape index (κ1) is 18.2. The van der Waals surface area contributed by atoms with Crippen LogP contribution in [0.3, 0.4) is 0 Å². The molecule has 1 aromatic carbocycles. The number of H-pyrrole nitrogens is 1. The van der Waals surface area contributed by atoms with Crippen molar-refractivity contribution >= 4 is 5.97 Å². The molecule has 1 atom stereocenters. The van der Waals surface area contributed by atoms with Crippen LogP contribution in [0, 0.1) is 0 Å². The van der Waals surface area contributed by atoms with E-state index in [2.05, 4.69) is 9.88 Å². The summed E-state index contributed by atoms with van der Waals surface area (Å²) in [6.45, 7) is 4.36. The molecule has 2 N–H and O–H groups in total. The van der Waals surface area contributed by atoms with Crippen LogP contribution in [0.25, 0.3) is 0 Å². The number of piperidine rings is 1. The van der Waals surface area contributed by atoms with Gasteiger partial charge in [0.05, 0.1) is 0 Å².